The Bertz CT molecular complexity index is 370. The highest BCUT2D eigenvalue weighted by atomic mass is 16.5. The molecule has 0 aromatic carbocycles. The highest BCUT2D eigenvalue weighted by molar-refractivity contribution is 6.06. The topological polar surface area (TPSA) is 91.8 Å². The molecule has 1 rings (SSSR count). The summed E-state index contributed by atoms with van der Waals surface area (Å²) in [5, 5.41) is 0. The van der Waals surface area contributed by atoms with Crippen LogP contribution in [0.4, 0.5) is 5.88 Å². The van der Waals surface area contributed by atoms with Crippen LogP contribution in [0.25, 0.3) is 0 Å². The molecule has 1 aromatic rings. The third-order valence-corrected chi connectivity index (χ3v) is 1.89. The molecule has 0 bridgehead atoms. The quantitative estimate of drug-likeness (QED) is 0.728. The van der Waals surface area contributed by atoms with Gasteiger partial charge in [0.1, 0.15) is 16.9 Å². The van der Waals surface area contributed by atoms with Gasteiger partial charge in [-0.25, -0.2) is 9.59 Å². The summed E-state index contributed by atoms with van der Waals surface area (Å²) in [6.07, 6.45) is 0. The Kier molecular flexibility index (Phi) is 2.99. The van der Waals surface area contributed by atoms with Crippen molar-refractivity contribution in [3.63, 3.8) is 0 Å². The van der Waals surface area contributed by atoms with Crippen LogP contribution in [0, 0.1) is 6.92 Å². The lowest BCUT2D eigenvalue weighted by Gasteiger charge is -2.00. The van der Waals surface area contributed by atoms with Gasteiger partial charge in [0.25, 0.3) is 0 Å². The number of aryl methyl sites for hydroxylation is 1. The first-order valence-corrected chi connectivity index (χ1v) is 4.08. The van der Waals surface area contributed by atoms with Crippen molar-refractivity contribution < 1.29 is 23.5 Å². The lowest BCUT2D eigenvalue weighted by molar-refractivity contribution is 0.0556. The molecule has 0 unspecified atom stereocenters. The molecule has 1 aromatic heterocycles. The Balaban J connectivity index is 3.35. The van der Waals surface area contributed by atoms with Gasteiger partial charge in [0.15, 0.2) is 0 Å². The van der Waals surface area contributed by atoms with Crippen molar-refractivity contribution in [2.24, 2.45) is 0 Å². The minimum atomic E-state index is -0.732. The van der Waals surface area contributed by atoms with E-state index in [1.54, 1.807) is 0 Å². The number of nitrogen functional groups attached to an aromatic ring is 1. The van der Waals surface area contributed by atoms with Crippen LogP contribution in [0.1, 0.15) is 26.5 Å². The van der Waals surface area contributed by atoms with Gasteiger partial charge in [0.2, 0.25) is 5.88 Å². The first kappa shape index (κ1) is 11.1. The summed E-state index contributed by atoms with van der Waals surface area (Å²) < 4.78 is 14.0. The highest BCUT2D eigenvalue weighted by Crippen LogP contribution is 2.25. The zero-order valence-electron chi connectivity index (χ0n) is 8.62. The number of carbonyl (C=O) groups is 2. The Labute approximate surface area is 85.9 Å². The summed E-state index contributed by atoms with van der Waals surface area (Å²) in [5.74, 6) is -1.35. The number of methoxy groups -OCH3 is 2. The standard InChI is InChI=1S/C9H11NO5/c1-4-5(8(11)13-2)6(7(10)15-4)9(12)14-3/h10H2,1-3H3. The number of furan rings is 1. The molecule has 0 atom stereocenters. The van der Waals surface area contributed by atoms with Crippen molar-refractivity contribution in [3.8, 4) is 0 Å². The summed E-state index contributed by atoms with van der Waals surface area (Å²) in [6.45, 7) is 1.51. The third-order valence-electron chi connectivity index (χ3n) is 1.89. The zero-order valence-corrected chi connectivity index (χ0v) is 8.62. The minimum absolute atomic E-state index is 0.00171. The molecule has 0 radical (unpaired) electrons. The summed E-state index contributed by atoms with van der Waals surface area (Å²) in [5.41, 5.74) is 5.34. The molecule has 6 heteroatoms. The molecule has 0 saturated carbocycles. The van der Waals surface area contributed by atoms with Crippen molar-refractivity contribution in [1.82, 2.24) is 0 Å². The van der Waals surface area contributed by atoms with E-state index < -0.39 is 11.9 Å². The number of nitrogens with two attached hydrogens (primary N) is 1. The predicted octanol–water partition coefficient (Wildman–Crippen LogP) is 0.743. The van der Waals surface area contributed by atoms with E-state index >= 15 is 0 Å². The Morgan fingerprint density at radius 1 is 1.13 bits per heavy atom. The van der Waals surface area contributed by atoms with E-state index in [1.807, 2.05) is 0 Å². The van der Waals surface area contributed by atoms with Crippen LogP contribution in [0.3, 0.4) is 0 Å². The largest absolute Gasteiger partial charge is 0.465 e. The summed E-state index contributed by atoms with van der Waals surface area (Å²) >= 11 is 0. The van der Waals surface area contributed by atoms with E-state index in [0.717, 1.165) is 0 Å². The van der Waals surface area contributed by atoms with Gasteiger partial charge in [-0.1, -0.05) is 0 Å². The van der Waals surface area contributed by atoms with Gasteiger partial charge in [0, 0.05) is 0 Å². The van der Waals surface area contributed by atoms with Crippen molar-refractivity contribution >= 4 is 17.8 Å². The number of hydrogen-bond acceptors (Lipinski definition) is 6. The molecule has 0 saturated heterocycles. The van der Waals surface area contributed by atoms with Gasteiger partial charge in [-0.2, -0.15) is 0 Å². The third kappa shape index (κ3) is 1.78. The number of carbonyl (C=O) groups excluding carboxylic acids is 2. The number of ether oxygens (including phenoxy) is 2. The average molecular weight is 213 g/mol. The van der Waals surface area contributed by atoms with Crippen LogP contribution in [0.5, 0.6) is 0 Å². The van der Waals surface area contributed by atoms with Crippen LogP contribution in [0.15, 0.2) is 4.42 Å². The van der Waals surface area contributed by atoms with E-state index in [4.69, 9.17) is 10.2 Å². The molecule has 82 valence electrons. The normalized spacial score (nSPS) is 9.80. The van der Waals surface area contributed by atoms with Gasteiger partial charge in [-0.3, -0.25) is 0 Å². The molecule has 0 aliphatic carbocycles. The molecule has 0 spiro atoms. The van der Waals surface area contributed by atoms with Crippen LogP contribution in [-0.4, -0.2) is 26.2 Å². The zero-order chi connectivity index (χ0) is 11.6. The van der Waals surface area contributed by atoms with Gasteiger partial charge in [-0.05, 0) is 6.92 Å². The molecule has 0 fully saturated rings. The fraction of sp³-hybridized carbons (Fsp3) is 0.333. The van der Waals surface area contributed by atoms with Crippen LogP contribution in [0.2, 0.25) is 0 Å². The highest BCUT2D eigenvalue weighted by Gasteiger charge is 2.28. The van der Waals surface area contributed by atoms with Crippen molar-refractivity contribution in [2.75, 3.05) is 20.0 Å². The second-order valence-electron chi connectivity index (χ2n) is 2.76. The van der Waals surface area contributed by atoms with Crippen LogP contribution < -0.4 is 5.73 Å². The molecule has 0 amide bonds. The predicted molar refractivity (Wildman–Crippen MR) is 50.5 cm³/mol. The smallest absolute Gasteiger partial charge is 0.344 e. The SMILES string of the molecule is COC(=O)c1c(C)oc(N)c1C(=O)OC. The van der Waals surface area contributed by atoms with Crippen molar-refractivity contribution in [1.29, 1.82) is 0 Å². The van der Waals surface area contributed by atoms with Crippen LogP contribution >= 0.6 is 0 Å². The fourth-order valence-corrected chi connectivity index (χ4v) is 1.22. The molecule has 0 aliphatic rings. The van der Waals surface area contributed by atoms with Gasteiger partial charge < -0.3 is 19.6 Å². The Hall–Kier alpha value is -1.98. The van der Waals surface area contributed by atoms with Gasteiger partial charge in [-0.15, -0.1) is 0 Å². The molecular formula is C9H11NO5. The maximum atomic E-state index is 11.3. The van der Waals surface area contributed by atoms with E-state index in [1.165, 1.54) is 21.1 Å². The minimum Gasteiger partial charge on any atom is -0.465 e. The maximum absolute atomic E-state index is 11.3. The molecule has 1 heterocycles. The summed E-state index contributed by atoms with van der Waals surface area (Å²) in [7, 11) is 2.39. The van der Waals surface area contributed by atoms with Gasteiger partial charge >= 0.3 is 11.9 Å². The summed E-state index contributed by atoms with van der Waals surface area (Å²) in [6, 6.07) is 0. The Morgan fingerprint density at radius 3 is 2.07 bits per heavy atom. The van der Waals surface area contributed by atoms with Crippen molar-refractivity contribution in [2.45, 2.75) is 6.92 Å². The number of esters is 2. The number of rotatable bonds is 2. The second-order valence-corrected chi connectivity index (χ2v) is 2.76. The monoisotopic (exact) mass is 213 g/mol. The lowest BCUT2D eigenvalue weighted by atomic mass is 10.1. The Morgan fingerprint density at radius 2 is 1.60 bits per heavy atom. The maximum Gasteiger partial charge on any atom is 0.344 e. The van der Waals surface area contributed by atoms with E-state index in [0.29, 0.717) is 0 Å². The fourth-order valence-electron chi connectivity index (χ4n) is 1.22. The number of hydrogen-bond donors (Lipinski definition) is 1. The molecular weight excluding hydrogens is 202 g/mol. The van der Waals surface area contributed by atoms with E-state index in [9.17, 15) is 9.59 Å². The van der Waals surface area contributed by atoms with Gasteiger partial charge in [0.05, 0.1) is 14.2 Å². The van der Waals surface area contributed by atoms with E-state index in [2.05, 4.69) is 9.47 Å². The molecule has 2 N–H and O–H groups in total. The van der Waals surface area contributed by atoms with E-state index in [-0.39, 0.29) is 22.8 Å². The molecule has 6 nitrogen and oxygen atoms in total. The van der Waals surface area contributed by atoms with Crippen molar-refractivity contribution in [3.05, 3.63) is 16.9 Å². The lowest BCUT2D eigenvalue weighted by Crippen LogP contribution is -2.11. The average Bonchev–Trinajstić information content (AvgIpc) is 2.51. The molecule has 0 aliphatic heterocycles. The second kappa shape index (κ2) is 4.04. The first-order valence-electron chi connectivity index (χ1n) is 4.08. The van der Waals surface area contributed by atoms with Crippen LogP contribution in [-0.2, 0) is 9.47 Å². The first-order chi connectivity index (χ1) is 7.02. The number of anilines is 1. The summed E-state index contributed by atoms with van der Waals surface area (Å²) in [4.78, 5) is 22.7. The molecule has 15 heavy (non-hydrogen) atoms.